The summed E-state index contributed by atoms with van der Waals surface area (Å²) in [7, 11) is 2.00. The highest BCUT2D eigenvalue weighted by Crippen LogP contribution is 2.31. The van der Waals surface area contributed by atoms with Crippen molar-refractivity contribution in [1.29, 1.82) is 0 Å². The Morgan fingerprint density at radius 1 is 1.38 bits per heavy atom. The molecule has 0 bridgehead atoms. The van der Waals surface area contributed by atoms with Gasteiger partial charge in [0, 0.05) is 12.8 Å². The highest BCUT2D eigenvalue weighted by molar-refractivity contribution is 7.99. The van der Waals surface area contributed by atoms with Crippen LogP contribution in [0, 0.1) is 18.3 Å². The molecule has 0 aromatic carbocycles. The van der Waals surface area contributed by atoms with Crippen LogP contribution >= 0.6 is 24.4 Å². The smallest absolute Gasteiger partial charge is 0.190 e. The van der Waals surface area contributed by atoms with E-state index in [4.69, 9.17) is 0 Å². The van der Waals surface area contributed by atoms with Crippen molar-refractivity contribution in [3.63, 3.8) is 0 Å². The second-order valence-electron chi connectivity index (χ2n) is 5.15. The van der Waals surface area contributed by atoms with Crippen LogP contribution in [0.1, 0.15) is 26.6 Å². The van der Waals surface area contributed by atoms with Crippen LogP contribution in [-0.2, 0) is 7.05 Å². The molecule has 1 unspecified atom stereocenters. The minimum atomic E-state index is 0.294. The fourth-order valence-electron chi connectivity index (χ4n) is 1.27. The van der Waals surface area contributed by atoms with E-state index in [2.05, 4.69) is 43.6 Å². The normalized spacial score (nSPS) is 14.1. The summed E-state index contributed by atoms with van der Waals surface area (Å²) in [5, 5.41) is 9.20. The maximum atomic E-state index is 4.43. The quantitative estimate of drug-likeness (QED) is 0.666. The van der Waals surface area contributed by atoms with Crippen molar-refractivity contribution in [3.05, 3.63) is 5.82 Å². The topological polar surface area (TPSA) is 30.7 Å². The van der Waals surface area contributed by atoms with Crippen LogP contribution in [0.4, 0.5) is 0 Å². The van der Waals surface area contributed by atoms with Gasteiger partial charge in [0.05, 0.1) is 0 Å². The van der Waals surface area contributed by atoms with Gasteiger partial charge in [-0.3, -0.25) is 0 Å². The summed E-state index contributed by atoms with van der Waals surface area (Å²) in [6.07, 6.45) is 0. The van der Waals surface area contributed by atoms with Crippen molar-refractivity contribution in [2.75, 3.05) is 11.5 Å². The first-order chi connectivity index (χ1) is 7.36. The van der Waals surface area contributed by atoms with Crippen LogP contribution < -0.4 is 0 Å². The molecular formula is C11H21N3S2. The first-order valence-electron chi connectivity index (χ1n) is 5.46. The van der Waals surface area contributed by atoms with Gasteiger partial charge in [0.15, 0.2) is 5.16 Å². The van der Waals surface area contributed by atoms with Gasteiger partial charge in [-0.2, -0.15) is 12.6 Å². The molecule has 1 atom stereocenters. The predicted octanol–water partition coefficient (Wildman–Crippen LogP) is 2.81. The van der Waals surface area contributed by atoms with Gasteiger partial charge in [-0.1, -0.05) is 32.5 Å². The van der Waals surface area contributed by atoms with Crippen LogP contribution in [0.25, 0.3) is 0 Å². The summed E-state index contributed by atoms with van der Waals surface area (Å²) in [6, 6.07) is 0. The maximum absolute atomic E-state index is 4.43. The minimum absolute atomic E-state index is 0.294. The van der Waals surface area contributed by atoms with Crippen molar-refractivity contribution in [2.24, 2.45) is 18.4 Å². The highest BCUT2D eigenvalue weighted by atomic mass is 32.2. The molecule has 0 aliphatic rings. The molecule has 0 fully saturated rings. The highest BCUT2D eigenvalue weighted by Gasteiger charge is 2.24. The Bertz CT molecular complexity index is 341. The largest absolute Gasteiger partial charge is 0.309 e. The number of hydrogen-bond donors (Lipinski definition) is 1. The average Bonchev–Trinajstić information content (AvgIpc) is 2.48. The maximum Gasteiger partial charge on any atom is 0.190 e. The summed E-state index contributed by atoms with van der Waals surface area (Å²) in [5.74, 6) is 3.49. The number of rotatable bonds is 4. The van der Waals surface area contributed by atoms with Gasteiger partial charge in [0.2, 0.25) is 0 Å². The van der Waals surface area contributed by atoms with E-state index in [1.807, 2.05) is 18.5 Å². The number of nitrogens with zero attached hydrogens (tertiary/aromatic N) is 3. The Kier molecular flexibility index (Phi) is 4.73. The van der Waals surface area contributed by atoms with Crippen LogP contribution in [0.2, 0.25) is 0 Å². The molecule has 1 heterocycles. The van der Waals surface area contributed by atoms with E-state index in [1.165, 1.54) is 0 Å². The van der Waals surface area contributed by atoms with Crippen molar-refractivity contribution >= 4 is 24.4 Å². The van der Waals surface area contributed by atoms with Crippen molar-refractivity contribution in [3.8, 4) is 0 Å². The molecule has 0 saturated heterocycles. The lowest BCUT2D eigenvalue weighted by Crippen LogP contribution is -2.24. The zero-order valence-corrected chi connectivity index (χ0v) is 12.4. The SMILES string of the molecule is Cc1nnc(SCC(CS)C(C)(C)C)n1C. The van der Waals surface area contributed by atoms with Gasteiger partial charge in [-0.25, -0.2) is 0 Å². The van der Waals surface area contributed by atoms with Crippen LogP contribution in [0.5, 0.6) is 0 Å². The number of thiol groups is 1. The molecule has 1 aromatic rings. The summed E-state index contributed by atoms with van der Waals surface area (Å²) < 4.78 is 2.03. The number of thioether (sulfide) groups is 1. The molecule has 1 aromatic heterocycles. The lowest BCUT2D eigenvalue weighted by atomic mass is 9.83. The summed E-state index contributed by atoms with van der Waals surface area (Å²) in [5.41, 5.74) is 0.294. The Labute approximate surface area is 108 Å². The number of hydrogen-bond acceptors (Lipinski definition) is 4. The average molecular weight is 259 g/mol. The van der Waals surface area contributed by atoms with Gasteiger partial charge in [-0.15, -0.1) is 10.2 Å². The fourth-order valence-corrected chi connectivity index (χ4v) is 3.51. The van der Waals surface area contributed by atoms with E-state index < -0.39 is 0 Å². The molecule has 92 valence electrons. The summed E-state index contributed by atoms with van der Waals surface area (Å²) >= 11 is 6.20. The third-order valence-electron chi connectivity index (χ3n) is 2.91. The zero-order chi connectivity index (χ0) is 12.3. The van der Waals surface area contributed by atoms with Gasteiger partial charge in [-0.05, 0) is 24.0 Å². The molecular weight excluding hydrogens is 238 g/mol. The monoisotopic (exact) mass is 259 g/mol. The molecule has 0 spiro atoms. The number of aryl methyl sites for hydroxylation is 1. The van der Waals surface area contributed by atoms with Crippen molar-refractivity contribution in [2.45, 2.75) is 32.9 Å². The third kappa shape index (κ3) is 3.42. The van der Waals surface area contributed by atoms with Crippen molar-refractivity contribution < 1.29 is 0 Å². The Morgan fingerprint density at radius 3 is 2.38 bits per heavy atom. The molecule has 0 saturated carbocycles. The molecule has 0 aliphatic carbocycles. The minimum Gasteiger partial charge on any atom is -0.309 e. The predicted molar refractivity (Wildman–Crippen MR) is 73.3 cm³/mol. The molecule has 0 amide bonds. The summed E-state index contributed by atoms with van der Waals surface area (Å²) in [6.45, 7) is 8.75. The van der Waals surface area contributed by atoms with Gasteiger partial charge in [0.1, 0.15) is 5.82 Å². The first kappa shape index (κ1) is 13.9. The first-order valence-corrected chi connectivity index (χ1v) is 7.07. The van der Waals surface area contributed by atoms with E-state index in [9.17, 15) is 0 Å². The second kappa shape index (κ2) is 5.45. The van der Waals surface area contributed by atoms with Gasteiger partial charge < -0.3 is 4.57 Å². The number of aromatic nitrogens is 3. The molecule has 3 nitrogen and oxygen atoms in total. The summed E-state index contributed by atoms with van der Waals surface area (Å²) in [4.78, 5) is 0. The molecule has 0 N–H and O–H groups in total. The molecule has 0 aliphatic heterocycles. The molecule has 0 radical (unpaired) electrons. The van der Waals surface area contributed by atoms with Crippen LogP contribution in [0.3, 0.4) is 0 Å². The fraction of sp³-hybridized carbons (Fsp3) is 0.818. The van der Waals surface area contributed by atoms with Crippen LogP contribution in [-0.4, -0.2) is 26.3 Å². The van der Waals surface area contributed by atoms with Gasteiger partial charge in [0.25, 0.3) is 0 Å². The third-order valence-corrected chi connectivity index (χ3v) is 4.53. The lowest BCUT2D eigenvalue weighted by Gasteiger charge is -2.28. The Hall–Kier alpha value is -0.160. The standard InChI is InChI=1S/C11H21N3S2/c1-8-12-13-10(14(8)5)16-7-9(6-15)11(2,3)4/h9,15H,6-7H2,1-5H3. The zero-order valence-electron chi connectivity index (χ0n) is 10.7. The van der Waals surface area contributed by atoms with E-state index in [0.29, 0.717) is 11.3 Å². The van der Waals surface area contributed by atoms with E-state index in [1.54, 1.807) is 11.8 Å². The molecule has 1 rings (SSSR count). The second-order valence-corrected chi connectivity index (χ2v) is 6.50. The van der Waals surface area contributed by atoms with Crippen molar-refractivity contribution in [1.82, 2.24) is 14.8 Å². The lowest BCUT2D eigenvalue weighted by molar-refractivity contribution is 0.294. The van der Waals surface area contributed by atoms with E-state index >= 15 is 0 Å². The Morgan fingerprint density at radius 2 is 2.00 bits per heavy atom. The molecule has 16 heavy (non-hydrogen) atoms. The van der Waals surface area contributed by atoms with Gasteiger partial charge >= 0.3 is 0 Å². The molecule has 5 heteroatoms. The van der Waals surface area contributed by atoms with E-state index in [-0.39, 0.29) is 0 Å². The van der Waals surface area contributed by atoms with E-state index in [0.717, 1.165) is 22.5 Å². The Balaban J connectivity index is 2.60. The van der Waals surface area contributed by atoms with Crippen LogP contribution in [0.15, 0.2) is 5.16 Å².